The van der Waals surface area contributed by atoms with Crippen LogP contribution < -0.4 is 9.80 Å². The molecular weight excluding hydrogens is 270 g/mol. The first-order chi connectivity index (χ1) is 10.2. The summed E-state index contributed by atoms with van der Waals surface area (Å²) in [4.78, 5) is 23.9. The molecule has 3 heterocycles. The third kappa shape index (κ3) is 2.64. The van der Waals surface area contributed by atoms with Crippen LogP contribution in [0.3, 0.4) is 0 Å². The maximum Gasteiger partial charge on any atom is 0.353 e. The summed E-state index contributed by atoms with van der Waals surface area (Å²) in [6.07, 6.45) is 6.89. The van der Waals surface area contributed by atoms with Crippen LogP contribution in [0.4, 0.5) is 17.3 Å². The quantitative estimate of drug-likeness (QED) is 0.628. The Morgan fingerprint density at radius 1 is 1.14 bits per heavy atom. The second kappa shape index (κ2) is 5.83. The molecule has 7 nitrogen and oxygen atoms in total. The van der Waals surface area contributed by atoms with Crippen molar-refractivity contribution in [3.8, 4) is 0 Å². The SMILES string of the molecule is CC1CCCCN1c1ncnc(N2CCCC2)c1[N+](=O)[O-]. The van der Waals surface area contributed by atoms with Crippen molar-refractivity contribution < 1.29 is 4.92 Å². The van der Waals surface area contributed by atoms with Crippen LogP contribution in [0.15, 0.2) is 6.33 Å². The van der Waals surface area contributed by atoms with E-state index in [9.17, 15) is 10.1 Å². The van der Waals surface area contributed by atoms with E-state index in [0.717, 1.165) is 45.3 Å². The number of hydrogen-bond acceptors (Lipinski definition) is 6. The Hall–Kier alpha value is -1.92. The Morgan fingerprint density at radius 2 is 1.81 bits per heavy atom. The van der Waals surface area contributed by atoms with Gasteiger partial charge in [0.1, 0.15) is 6.33 Å². The second-order valence-electron chi connectivity index (χ2n) is 5.86. The van der Waals surface area contributed by atoms with Gasteiger partial charge in [-0.05, 0) is 39.0 Å². The lowest BCUT2D eigenvalue weighted by Crippen LogP contribution is -2.38. The molecule has 2 aliphatic heterocycles. The monoisotopic (exact) mass is 291 g/mol. The van der Waals surface area contributed by atoms with Crippen molar-refractivity contribution in [3.05, 3.63) is 16.4 Å². The van der Waals surface area contributed by atoms with Gasteiger partial charge in [0.25, 0.3) is 0 Å². The molecule has 2 fully saturated rings. The van der Waals surface area contributed by atoms with E-state index in [2.05, 4.69) is 21.8 Å². The van der Waals surface area contributed by atoms with E-state index in [1.807, 2.05) is 4.90 Å². The first-order valence-corrected chi connectivity index (χ1v) is 7.69. The predicted octanol–water partition coefficient (Wildman–Crippen LogP) is 2.36. The minimum absolute atomic E-state index is 0.0770. The highest BCUT2D eigenvalue weighted by Gasteiger charge is 2.33. The summed E-state index contributed by atoms with van der Waals surface area (Å²) in [5.74, 6) is 0.976. The maximum absolute atomic E-state index is 11.6. The van der Waals surface area contributed by atoms with Gasteiger partial charge >= 0.3 is 5.69 Å². The lowest BCUT2D eigenvalue weighted by atomic mass is 10.0. The fraction of sp³-hybridized carbons (Fsp3) is 0.714. The second-order valence-corrected chi connectivity index (χ2v) is 5.86. The summed E-state index contributed by atoms with van der Waals surface area (Å²) in [7, 11) is 0. The Labute approximate surface area is 124 Å². The van der Waals surface area contributed by atoms with Gasteiger partial charge < -0.3 is 9.80 Å². The molecule has 0 spiro atoms. The number of rotatable bonds is 3. The fourth-order valence-electron chi connectivity index (χ4n) is 3.31. The summed E-state index contributed by atoms with van der Waals surface area (Å²) in [6, 6.07) is 0.291. The largest absolute Gasteiger partial charge is 0.353 e. The molecule has 1 aromatic heterocycles. The normalized spacial score (nSPS) is 22.6. The Morgan fingerprint density at radius 3 is 2.48 bits per heavy atom. The number of hydrogen-bond donors (Lipinski definition) is 0. The molecule has 7 heteroatoms. The van der Waals surface area contributed by atoms with Gasteiger partial charge in [-0.3, -0.25) is 10.1 Å². The van der Waals surface area contributed by atoms with Crippen LogP contribution in [0.5, 0.6) is 0 Å². The van der Waals surface area contributed by atoms with Crippen LogP contribution in [0, 0.1) is 10.1 Å². The maximum atomic E-state index is 11.6. The predicted molar refractivity (Wildman–Crippen MR) is 80.8 cm³/mol. The summed E-state index contributed by atoms with van der Waals surface area (Å²) in [6.45, 7) is 4.62. The van der Waals surface area contributed by atoms with Crippen LogP contribution >= 0.6 is 0 Å². The van der Waals surface area contributed by atoms with E-state index in [4.69, 9.17) is 0 Å². The van der Waals surface area contributed by atoms with Gasteiger partial charge in [0.05, 0.1) is 4.92 Å². The van der Waals surface area contributed by atoms with Crippen molar-refractivity contribution >= 4 is 17.3 Å². The van der Waals surface area contributed by atoms with E-state index >= 15 is 0 Å². The molecule has 0 aliphatic carbocycles. The molecule has 1 atom stereocenters. The smallest absolute Gasteiger partial charge is 0.351 e. The highest BCUT2D eigenvalue weighted by atomic mass is 16.6. The third-order valence-corrected chi connectivity index (χ3v) is 4.45. The minimum Gasteiger partial charge on any atom is -0.351 e. The van der Waals surface area contributed by atoms with E-state index in [0.29, 0.717) is 17.7 Å². The number of nitrogens with zero attached hydrogens (tertiary/aromatic N) is 5. The van der Waals surface area contributed by atoms with Gasteiger partial charge in [0.2, 0.25) is 11.6 Å². The molecular formula is C14H21N5O2. The topological polar surface area (TPSA) is 75.4 Å². The zero-order valence-electron chi connectivity index (χ0n) is 12.4. The highest BCUT2D eigenvalue weighted by molar-refractivity contribution is 5.71. The zero-order chi connectivity index (χ0) is 14.8. The van der Waals surface area contributed by atoms with Crippen LogP contribution in [-0.2, 0) is 0 Å². The fourth-order valence-corrected chi connectivity index (χ4v) is 3.31. The van der Waals surface area contributed by atoms with Crippen LogP contribution in [-0.4, -0.2) is 40.6 Å². The van der Waals surface area contributed by atoms with E-state index < -0.39 is 0 Å². The van der Waals surface area contributed by atoms with Crippen molar-refractivity contribution in [2.45, 2.75) is 45.1 Å². The average Bonchev–Trinajstić information content (AvgIpc) is 3.01. The first kappa shape index (κ1) is 14.0. The van der Waals surface area contributed by atoms with Gasteiger partial charge in [-0.2, -0.15) is 0 Å². The third-order valence-electron chi connectivity index (χ3n) is 4.45. The van der Waals surface area contributed by atoms with E-state index in [-0.39, 0.29) is 10.6 Å². The van der Waals surface area contributed by atoms with Crippen molar-refractivity contribution in [3.63, 3.8) is 0 Å². The Balaban J connectivity index is 2.02. The minimum atomic E-state index is -0.315. The molecule has 2 saturated heterocycles. The number of nitro groups is 1. The summed E-state index contributed by atoms with van der Waals surface area (Å²) in [5, 5.41) is 11.6. The summed E-state index contributed by atoms with van der Waals surface area (Å²) < 4.78 is 0. The Bertz CT molecular complexity index is 530. The van der Waals surface area contributed by atoms with Gasteiger partial charge in [0.15, 0.2) is 0 Å². The zero-order valence-corrected chi connectivity index (χ0v) is 12.4. The Kier molecular flexibility index (Phi) is 3.90. The number of anilines is 2. The number of piperidine rings is 1. The lowest BCUT2D eigenvalue weighted by Gasteiger charge is -2.34. The molecule has 0 saturated carbocycles. The molecule has 0 radical (unpaired) electrons. The van der Waals surface area contributed by atoms with Crippen molar-refractivity contribution in [1.29, 1.82) is 0 Å². The van der Waals surface area contributed by atoms with Crippen LogP contribution in [0.1, 0.15) is 39.0 Å². The molecule has 1 unspecified atom stereocenters. The first-order valence-electron chi connectivity index (χ1n) is 7.69. The molecule has 114 valence electrons. The summed E-state index contributed by atoms with van der Waals surface area (Å²) in [5.41, 5.74) is 0.0770. The molecule has 0 N–H and O–H groups in total. The average molecular weight is 291 g/mol. The van der Waals surface area contributed by atoms with Gasteiger partial charge in [-0.15, -0.1) is 0 Å². The summed E-state index contributed by atoms with van der Waals surface area (Å²) >= 11 is 0. The standard InChI is InChI=1S/C14H21N5O2/c1-11-6-2-3-9-18(11)14-12(19(20)21)13(15-10-16-14)17-7-4-5-8-17/h10-11H,2-9H2,1H3. The molecule has 1 aromatic rings. The van der Waals surface area contributed by atoms with Crippen LogP contribution in [0.25, 0.3) is 0 Å². The van der Waals surface area contributed by atoms with Crippen molar-refractivity contribution in [1.82, 2.24) is 9.97 Å². The van der Waals surface area contributed by atoms with Gasteiger partial charge in [0, 0.05) is 25.7 Å². The van der Waals surface area contributed by atoms with Crippen LogP contribution in [0.2, 0.25) is 0 Å². The molecule has 0 bridgehead atoms. The van der Waals surface area contributed by atoms with E-state index in [1.165, 1.54) is 12.7 Å². The van der Waals surface area contributed by atoms with Gasteiger partial charge in [-0.1, -0.05) is 0 Å². The van der Waals surface area contributed by atoms with Gasteiger partial charge in [-0.25, -0.2) is 9.97 Å². The lowest BCUT2D eigenvalue weighted by molar-refractivity contribution is -0.383. The van der Waals surface area contributed by atoms with Crippen molar-refractivity contribution in [2.24, 2.45) is 0 Å². The van der Waals surface area contributed by atoms with Crippen molar-refractivity contribution in [2.75, 3.05) is 29.4 Å². The molecule has 2 aliphatic rings. The van der Waals surface area contributed by atoms with E-state index in [1.54, 1.807) is 0 Å². The number of aromatic nitrogens is 2. The molecule has 0 amide bonds. The highest BCUT2D eigenvalue weighted by Crippen LogP contribution is 2.37. The molecule has 21 heavy (non-hydrogen) atoms. The molecule has 3 rings (SSSR count). The molecule has 0 aromatic carbocycles.